The third kappa shape index (κ3) is 4.20. The first-order valence-corrected chi connectivity index (χ1v) is 9.10. The number of aliphatic hydroxyl groups is 1. The molecular weight excluding hydrogens is 372 g/mol. The van der Waals surface area contributed by atoms with Gasteiger partial charge in [-0.05, 0) is 35.9 Å². The van der Waals surface area contributed by atoms with Gasteiger partial charge in [-0.15, -0.1) is 0 Å². The largest absolute Gasteiger partial charge is 0.507 e. The first-order valence-electron chi connectivity index (χ1n) is 9.10. The molecule has 1 saturated heterocycles. The van der Waals surface area contributed by atoms with Crippen molar-refractivity contribution in [1.82, 2.24) is 9.88 Å². The van der Waals surface area contributed by atoms with Gasteiger partial charge in [-0.1, -0.05) is 18.7 Å². The zero-order chi connectivity index (χ0) is 20.8. The minimum Gasteiger partial charge on any atom is -0.507 e. The number of rotatable bonds is 8. The third-order valence-corrected chi connectivity index (χ3v) is 4.57. The lowest BCUT2D eigenvalue weighted by molar-refractivity contribution is -0.140. The fourth-order valence-corrected chi connectivity index (χ4v) is 3.20. The van der Waals surface area contributed by atoms with Gasteiger partial charge in [0.1, 0.15) is 18.1 Å². The summed E-state index contributed by atoms with van der Waals surface area (Å²) in [7, 11) is 1.52. The predicted molar refractivity (Wildman–Crippen MR) is 107 cm³/mol. The maximum absolute atomic E-state index is 12.8. The molecule has 29 heavy (non-hydrogen) atoms. The molecule has 1 aromatic carbocycles. The van der Waals surface area contributed by atoms with E-state index in [1.807, 2.05) is 0 Å². The maximum Gasteiger partial charge on any atom is 0.295 e. The van der Waals surface area contributed by atoms with Gasteiger partial charge in [-0.25, -0.2) is 0 Å². The van der Waals surface area contributed by atoms with Gasteiger partial charge in [-0.2, -0.15) is 0 Å². The summed E-state index contributed by atoms with van der Waals surface area (Å²) in [4.78, 5) is 30.9. The predicted octanol–water partition coefficient (Wildman–Crippen LogP) is 2.71. The number of hydrogen-bond donors (Lipinski definition) is 1. The molecular formula is C22H22N2O5. The minimum absolute atomic E-state index is 0.0267. The number of amides is 1. The number of nitrogens with zero attached hydrogens (tertiary/aromatic N) is 2. The molecule has 3 rings (SSSR count). The van der Waals surface area contributed by atoms with E-state index in [-0.39, 0.29) is 24.5 Å². The molecule has 1 fully saturated rings. The Morgan fingerprint density at radius 2 is 2.03 bits per heavy atom. The molecule has 1 atom stereocenters. The number of ether oxygens (including phenoxy) is 2. The van der Waals surface area contributed by atoms with Crippen LogP contribution in [0.5, 0.6) is 5.75 Å². The molecule has 0 bridgehead atoms. The number of carbonyl (C=O) groups excluding carboxylic acids is 2. The molecule has 0 spiro atoms. The van der Waals surface area contributed by atoms with Crippen molar-refractivity contribution in [3.05, 3.63) is 78.1 Å². The molecule has 7 heteroatoms. The van der Waals surface area contributed by atoms with Crippen molar-refractivity contribution in [1.29, 1.82) is 0 Å². The van der Waals surface area contributed by atoms with E-state index in [1.54, 1.807) is 54.9 Å². The third-order valence-electron chi connectivity index (χ3n) is 4.57. The highest BCUT2D eigenvalue weighted by Crippen LogP contribution is 2.39. The Kier molecular flexibility index (Phi) is 6.41. The van der Waals surface area contributed by atoms with Crippen molar-refractivity contribution in [2.75, 3.05) is 26.9 Å². The van der Waals surface area contributed by atoms with E-state index < -0.39 is 17.7 Å². The number of likely N-dealkylation sites (tertiary alicyclic amines) is 1. The zero-order valence-corrected chi connectivity index (χ0v) is 16.1. The molecule has 0 radical (unpaired) electrons. The second kappa shape index (κ2) is 9.16. The monoisotopic (exact) mass is 394 g/mol. The molecule has 1 aromatic heterocycles. The lowest BCUT2D eigenvalue weighted by Crippen LogP contribution is -2.32. The van der Waals surface area contributed by atoms with Gasteiger partial charge in [0, 0.05) is 31.6 Å². The van der Waals surface area contributed by atoms with Crippen LogP contribution in [0.2, 0.25) is 0 Å². The van der Waals surface area contributed by atoms with Crippen molar-refractivity contribution in [2.45, 2.75) is 6.04 Å². The number of carbonyl (C=O) groups is 2. The summed E-state index contributed by atoms with van der Waals surface area (Å²) < 4.78 is 10.5. The Bertz CT molecular complexity index is 922. The lowest BCUT2D eigenvalue weighted by Gasteiger charge is -2.24. The van der Waals surface area contributed by atoms with E-state index in [4.69, 9.17) is 9.47 Å². The topological polar surface area (TPSA) is 89.0 Å². The number of Topliss-reactive ketones (excluding diaryl/α,β-unsaturated/α-hetero) is 1. The standard InChI is InChI=1S/C22H22N2O5/c1-3-12-29-17-8-6-15(7-9-17)20(25)18-19(16-5-4-10-23-14-16)24(11-13-28-2)22(27)21(18)26/h3-10,14,19,25H,1,11-13H2,2H3/b20-18-. The van der Waals surface area contributed by atoms with Crippen molar-refractivity contribution >= 4 is 17.4 Å². The summed E-state index contributed by atoms with van der Waals surface area (Å²) in [6, 6.07) is 9.38. The molecule has 1 unspecified atom stereocenters. The van der Waals surface area contributed by atoms with Gasteiger partial charge >= 0.3 is 0 Å². The van der Waals surface area contributed by atoms with Crippen molar-refractivity contribution in [3.63, 3.8) is 0 Å². The molecule has 1 aliphatic rings. The van der Waals surface area contributed by atoms with Gasteiger partial charge in [0.05, 0.1) is 18.2 Å². The van der Waals surface area contributed by atoms with E-state index in [0.29, 0.717) is 23.5 Å². The van der Waals surface area contributed by atoms with Crippen LogP contribution in [0.15, 0.2) is 67.0 Å². The number of aromatic nitrogens is 1. The summed E-state index contributed by atoms with van der Waals surface area (Å²) >= 11 is 0. The van der Waals surface area contributed by atoms with Crippen LogP contribution >= 0.6 is 0 Å². The van der Waals surface area contributed by atoms with Gasteiger partial charge in [0.25, 0.3) is 11.7 Å². The zero-order valence-electron chi connectivity index (χ0n) is 16.1. The molecule has 2 heterocycles. The smallest absolute Gasteiger partial charge is 0.295 e. The number of pyridine rings is 1. The lowest BCUT2D eigenvalue weighted by atomic mass is 9.96. The Labute approximate surface area is 168 Å². The van der Waals surface area contributed by atoms with E-state index >= 15 is 0 Å². The summed E-state index contributed by atoms with van der Waals surface area (Å²) in [6.45, 7) is 4.43. The van der Waals surface area contributed by atoms with Crippen LogP contribution < -0.4 is 4.74 Å². The summed E-state index contributed by atoms with van der Waals surface area (Å²) in [5.74, 6) is -1.05. The van der Waals surface area contributed by atoms with Crippen molar-refractivity contribution in [2.24, 2.45) is 0 Å². The molecule has 1 N–H and O–H groups in total. The second-order valence-electron chi connectivity index (χ2n) is 6.40. The summed E-state index contributed by atoms with van der Waals surface area (Å²) in [5, 5.41) is 10.9. The van der Waals surface area contributed by atoms with E-state index in [9.17, 15) is 14.7 Å². The number of hydrogen-bond acceptors (Lipinski definition) is 6. The highest BCUT2D eigenvalue weighted by Gasteiger charge is 2.45. The summed E-state index contributed by atoms with van der Waals surface area (Å²) in [6.07, 6.45) is 4.81. The molecule has 2 aromatic rings. The Morgan fingerprint density at radius 1 is 1.28 bits per heavy atom. The fraction of sp³-hybridized carbons (Fsp3) is 0.227. The average molecular weight is 394 g/mol. The van der Waals surface area contributed by atoms with Crippen LogP contribution in [0.3, 0.4) is 0 Å². The number of methoxy groups -OCH3 is 1. The molecule has 1 aliphatic heterocycles. The second-order valence-corrected chi connectivity index (χ2v) is 6.40. The van der Waals surface area contributed by atoms with Crippen LogP contribution in [0.25, 0.3) is 5.76 Å². The Balaban J connectivity index is 2.04. The van der Waals surface area contributed by atoms with E-state index in [1.165, 1.54) is 12.0 Å². The fourth-order valence-electron chi connectivity index (χ4n) is 3.20. The summed E-state index contributed by atoms with van der Waals surface area (Å²) in [5.41, 5.74) is 1.07. The molecule has 1 amide bonds. The number of ketones is 1. The average Bonchev–Trinajstić information content (AvgIpc) is 3.01. The molecule has 7 nitrogen and oxygen atoms in total. The van der Waals surface area contributed by atoms with Crippen LogP contribution in [-0.4, -0.2) is 53.5 Å². The molecule has 0 aliphatic carbocycles. The normalized spacial score (nSPS) is 18.1. The van der Waals surface area contributed by atoms with Gasteiger partial charge in [0.15, 0.2) is 0 Å². The number of benzene rings is 1. The first kappa shape index (κ1) is 20.3. The van der Waals surface area contributed by atoms with Crippen LogP contribution in [-0.2, 0) is 14.3 Å². The molecule has 0 saturated carbocycles. The first-order chi connectivity index (χ1) is 14.1. The number of aliphatic hydroxyl groups excluding tert-OH is 1. The molecule has 150 valence electrons. The van der Waals surface area contributed by atoms with Crippen LogP contribution in [0, 0.1) is 0 Å². The highest BCUT2D eigenvalue weighted by molar-refractivity contribution is 6.46. The van der Waals surface area contributed by atoms with Gasteiger partial charge in [-0.3, -0.25) is 14.6 Å². The quantitative estimate of drug-likeness (QED) is 0.321. The Morgan fingerprint density at radius 3 is 2.66 bits per heavy atom. The van der Waals surface area contributed by atoms with Crippen LogP contribution in [0.1, 0.15) is 17.2 Å². The van der Waals surface area contributed by atoms with Gasteiger partial charge in [0.2, 0.25) is 0 Å². The van der Waals surface area contributed by atoms with Crippen molar-refractivity contribution in [3.8, 4) is 5.75 Å². The Hall–Kier alpha value is -3.45. The van der Waals surface area contributed by atoms with Crippen molar-refractivity contribution < 1.29 is 24.2 Å². The minimum atomic E-state index is -0.740. The highest BCUT2D eigenvalue weighted by atomic mass is 16.5. The van der Waals surface area contributed by atoms with Gasteiger partial charge < -0.3 is 19.5 Å². The maximum atomic E-state index is 12.8. The SMILES string of the molecule is C=CCOc1ccc(/C(O)=C2/C(=O)C(=O)N(CCOC)C2c2cccnc2)cc1. The van der Waals surface area contributed by atoms with E-state index in [2.05, 4.69) is 11.6 Å². The van der Waals surface area contributed by atoms with E-state index in [0.717, 1.165) is 0 Å². The van der Waals surface area contributed by atoms with Crippen LogP contribution in [0.4, 0.5) is 0 Å².